The largest absolute Gasteiger partial charge is 0.327 e. The van der Waals surface area contributed by atoms with Crippen molar-refractivity contribution < 1.29 is 14.2 Å². The average Bonchev–Trinajstić information content (AvgIpc) is 2.74. The Morgan fingerprint density at radius 2 is 1.20 bits per heavy atom. The predicted molar refractivity (Wildman–Crippen MR) is 98.7 cm³/mol. The number of aryl methyl sites for hydroxylation is 6. The quantitative estimate of drug-likeness (QED) is 0.478. The van der Waals surface area contributed by atoms with Crippen molar-refractivity contribution in [2.75, 3.05) is 4.90 Å². The molecule has 0 fully saturated rings. The van der Waals surface area contributed by atoms with E-state index in [1.54, 1.807) is 0 Å². The van der Waals surface area contributed by atoms with Crippen LogP contribution in [0.25, 0.3) is 0 Å². The van der Waals surface area contributed by atoms with E-state index >= 15 is 0 Å². The van der Waals surface area contributed by atoms with Crippen molar-refractivity contribution in [3.05, 3.63) is 57.6 Å². The number of hydrogen-bond acceptors (Lipinski definition) is 2. The number of amides is 2. The second-order valence-electron chi connectivity index (χ2n) is 6.88. The van der Waals surface area contributed by atoms with Crippen LogP contribution >= 0.6 is 0 Å². The van der Waals surface area contributed by atoms with Gasteiger partial charge >= 0.3 is 11.8 Å². The number of anilines is 1. The molecule has 2 amide bonds. The summed E-state index contributed by atoms with van der Waals surface area (Å²) in [5.41, 5.74) is 7.51. The molecule has 0 unspecified atom stereocenters. The fourth-order valence-corrected chi connectivity index (χ4v) is 3.74. The first-order valence-corrected chi connectivity index (χ1v) is 8.31. The minimum atomic E-state index is -0.575. The molecule has 0 aliphatic carbocycles. The predicted octanol–water partition coefficient (Wildman–Crippen LogP) is 3.66. The van der Waals surface area contributed by atoms with E-state index < -0.39 is 11.8 Å². The Morgan fingerprint density at radius 3 is 1.68 bits per heavy atom. The molecule has 1 aliphatic heterocycles. The number of benzene rings is 2. The Bertz CT molecular complexity index is 908. The highest BCUT2D eigenvalue weighted by atomic mass is 16.2. The molecule has 128 valence electrons. The minimum absolute atomic E-state index is 0.575. The molecular weight excluding hydrogens is 312 g/mol. The zero-order chi connectivity index (χ0) is 18.5. The molecule has 2 aromatic rings. The topological polar surface area (TPSA) is 40.4 Å². The van der Waals surface area contributed by atoms with E-state index in [-0.39, 0.29) is 0 Å². The highest BCUT2D eigenvalue weighted by molar-refractivity contribution is 6.45. The zero-order valence-corrected chi connectivity index (χ0v) is 15.5. The van der Waals surface area contributed by atoms with Gasteiger partial charge in [-0.05, 0) is 63.8 Å². The first kappa shape index (κ1) is 17.1. The molecule has 0 radical (unpaired) electrons. The molecule has 0 bridgehead atoms. The van der Waals surface area contributed by atoms with E-state index in [4.69, 9.17) is 0 Å². The second kappa shape index (κ2) is 5.96. The summed E-state index contributed by atoms with van der Waals surface area (Å²) >= 11 is 0. The summed E-state index contributed by atoms with van der Waals surface area (Å²) in [5, 5.41) is 0. The molecule has 0 atom stereocenters. The lowest BCUT2D eigenvalue weighted by Gasteiger charge is -2.16. The van der Waals surface area contributed by atoms with Crippen LogP contribution in [0, 0.1) is 41.5 Å². The van der Waals surface area contributed by atoms with Gasteiger partial charge < -0.3 is 0 Å². The Morgan fingerprint density at radius 1 is 0.760 bits per heavy atom. The van der Waals surface area contributed by atoms with Crippen molar-refractivity contribution in [2.45, 2.75) is 41.5 Å². The maximum Gasteiger partial charge on any atom is 0.327 e. The van der Waals surface area contributed by atoms with Crippen LogP contribution in [0.1, 0.15) is 33.4 Å². The Labute approximate surface area is 148 Å². The molecule has 0 saturated heterocycles. The summed E-state index contributed by atoms with van der Waals surface area (Å²) < 4.78 is 1.35. The van der Waals surface area contributed by atoms with Crippen molar-refractivity contribution in [3.8, 4) is 0 Å². The standard InChI is InChI=1S/C21H22N2O2/c1-12-7-14(3)18(15(4)8-12)22-11-23(21(25)20(22)24)19-16(5)9-13(2)10-17(19)6/h7-10H,1-6H3. The van der Waals surface area contributed by atoms with Crippen molar-refractivity contribution in [1.82, 2.24) is 0 Å². The van der Waals surface area contributed by atoms with Crippen LogP contribution in [0.5, 0.6) is 0 Å². The summed E-state index contributed by atoms with van der Waals surface area (Å²) in [5.74, 6) is -1.15. The lowest BCUT2D eigenvalue weighted by Crippen LogP contribution is -2.30. The summed E-state index contributed by atoms with van der Waals surface area (Å²) in [4.78, 5) is 26.6. The third-order valence-electron chi connectivity index (χ3n) is 4.51. The first-order valence-electron chi connectivity index (χ1n) is 8.31. The van der Waals surface area contributed by atoms with Gasteiger partial charge in [0.05, 0.1) is 11.4 Å². The van der Waals surface area contributed by atoms with Crippen LogP contribution in [0.3, 0.4) is 0 Å². The number of nitrogens with zero attached hydrogens (tertiary/aromatic N) is 2. The molecule has 0 N–H and O–H groups in total. The Kier molecular flexibility index (Phi) is 4.07. The van der Waals surface area contributed by atoms with Gasteiger partial charge in [0, 0.05) is 0 Å². The first-order chi connectivity index (χ1) is 11.7. The SMILES string of the molecule is Cc1cc(C)c(N2[C-]=[N+](c3c(C)cc(C)cc3C)C(=O)C2=O)c(C)c1. The maximum absolute atomic E-state index is 12.6. The molecule has 3 rings (SSSR count). The Hall–Kier alpha value is -2.75. The molecule has 4 heteroatoms. The average molecular weight is 334 g/mol. The van der Waals surface area contributed by atoms with E-state index in [2.05, 4.69) is 6.34 Å². The molecule has 1 heterocycles. The monoisotopic (exact) mass is 334 g/mol. The van der Waals surface area contributed by atoms with Gasteiger partial charge in [0.25, 0.3) is 6.34 Å². The number of hydrogen-bond donors (Lipinski definition) is 0. The summed E-state index contributed by atoms with van der Waals surface area (Å²) in [6.07, 6.45) is 2.99. The van der Waals surface area contributed by atoms with Crippen LogP contribution in [-0.2, 0) is 9.59 Å². The van der Waals surface area contributed by atoms with Crippen molar-refractivity contribution in [2.24, 2.45) is 0 Å². The maximum atomic E-state index is 12.6. The van der Waals surface area contributed by atoms with Crippen LogP contribution < -0.4 is 4.90 Å². The van der Waals surface area contributed by atoms with Crippen LogP contribution in [-0.4, -0.2) is 22.7 Å². The van der Waals surface area contributed by atoms with Crippen LogP contribution in [0.4, 0.5) is 11.4 Å². The lowest BCUT2D eigenvalue weighted by molar-refractivity contribution is -0.353. The molecule has 0 aromatic heterocycles. The summed E-state index contributed by atoms with van der Waals surface area (Å²) in [7, 11) is 0. The van der Waals surface area contributed by atoms with E-state index in [9.17, 15) is 9.59 Å². The van der Waals surface area contributed by atoms with E-state index in [1.807, 2.05) is 65.8 Å². The van der Waals surface area contributed by atoms with Crippen molar-refractivity contribution in [1.29, 1.82) is 0 Å². The van der Waals surface area contributed by atoms with E-state index in [0.29, 0.717) is 0 Å². The number of rotatable bonds is 2. The zero-order valence-electron chi connectivity index (χ0n) is 15.5. The van der Waals surface area contributed by atoms with Gasteiger partial charge in [0.15, 0.2) is 0 Å². The van der Waals surface area contributed by atoms with Gasteiger partial charge in [-0.2, -0.15) is 0 Å². The molecular formula is C21H22N2O2. The minimum Gasteiger partial charge on any atom is -0.289 e. The van der Waals surface area contributed by atoms with Gasteiger partial charge in [0.1, 0.15) is 0 Å². The van der Waals surface area contributed by atoms with Gasteiger partial charge in [0.2, 0.25) is 0 Å². The number of carbonyl (C=O) groups excluding carboxylic acids is 2. The summed E-state index contributed by atoms with van der Waals surface area (Å²) in [6.45, 7) is 11.8. The van der Waals surface area contributed by atoms with E-state index in [1.165, 1.54) is 9.48 Å². The highest BCUT2D eigenvalue weighted by Gasteiger charge is 2.36. The van der Waals surface area contributed by atoms with Gasteiger partial charge in [-0.25, -0.2) is 0 Å². The van der Waals surface area contributed by atoms with Crippen LogP contribution in [0.2, 0.25) is 0 Å². The van der Waals surface area contributed by atoms with Gasteiger partial charge in [-0.1, -0.05) is 35.4 Å². The van der Waals surface area contributed by atoms with Crippen LogP contribution in [0.15, 0.2) is 24.3 Å². The van der Waals surface area contributed by atoms with Crippen molar-refractivity contribution >= 4 is 29.5 Å². The Balaban J connectivity index is 2.18. The third-order valence-corrected chi connectivity index (χ3v) is 4.51. The molecule has 1 aliphatic rings. The fraction of sp³-hybridized carbons (Fsp3) is 0.286. The third kappa shape index (κ3) is 2.78. The normalized spacial score (nSPS) is 14.3. The fourth-order valence-electron chi connectivity index (χ4n) is 3.74. The van der Waals surface area contributed by atoms with Crippen molar-refractivity contribution in [3.63, 3.8) is 0 Å². The van der Waals surface area contributed by atoms with Gasteiger partial charge in [-0.3, -0.25) is 19.1 Å². The number of carbonyl (C=O) groups is 2. The molecule has 0 saturated carbocycles. The lowest BCUT2D eigenvalue weighted by atomic mass is 10.0. The summed E-state index contributed by atoms with van der Waals surface area (Å²) in [6, 6.07) is 8.03. The smallest absolute Gasteiger partial charge is 0.289 e. The molecule has 0 spiro atoms. The van der Waals surface area contributed by atoms with E-state index in [0.717, 1.165) is 44.8 Å². The van der Waals surface area contributed by atoms with Gasteiger partial charge in [-0.15, -0.1) is 0 Å². The molecule has 4 nitrogen and oxygen atoms in total. The second-order valence-corrected chi connectivity index (χ2v) is 6.88. The molecule has 2 aromatic carbocycles. The molecule has 25 heavy (non-hydrogen) atoms. The highest BCUT2D eigenvalue weighted by Crippen LogP contribution is 2.31.